The normalized spacial score (nSPS) is 12.0. The Kier molecular flexibility index (Phi) is 4.90. The van der Waals surface area contributed by atoms with Crippen molar-refractivity contribution >= 4 is 65.7 Å². The molecule has 0 unspecified atom stereocenters. The smallest absolute Gasteiger partial charge is 0.146 e. The number of hydrogen-bond acceptors (Lipinski definition) is 3. The predicted octanol–water partition coefficient (Wildman–Crippen LogP) is 9.16. The van der Waals surface area contributed by atoms with E-state index in [0.717, 1.165) is 72.2 Å². The first-order chi connectivity index (χ1) is 22.3. The van der Waals surface area contributed by atoms with Crippen LogP contribution in [0.4, 0.5) is 0 Å². The molecule has 0 bridgehead atoms. The van der Waals surface area contributed by atoms with Crippen molar-refractivity contribution in [3.8, 4) is 17.3 Å². The maximum Gasteiger partial charge on any atom is 0.146 e. The van der Waals surface area contributed by atoms with Gasteiger partial charge >= 0.3 is 0 Å². The SMILES string of the molecule is c1cc(-n2c3ccccc3c3cc(-n4c5ccccc5c5cccnc54)ccc32)nc(-n2c3ccccc3c3cccnc32)c1. The van der Waals surface area contributed by atoms with Crippen LogP contribution < -0.4 is 0 Å². The fourth-order valence-corrected chi connectivity index (χ4v) is 7.09. The van der Waals surface area contributed by atoms with Crippen molar-refractivity contribution in [1.82, 2.24) is 28.7 Å². The van der Waals surface area contributed by atoms with Gasteiger partial charge in [-0.1, -0.05) is 60.7 Å². The minimum absolute atomic E-state index is 0.830. The van der Waals surface area contributed by atoms with Crippen molar-refractivity contribution < 1.29 is 0 Å². The molecule has 0 aliphatic heterocycles. The highest BCUT2D eigenvalue weighted by Crippen LogP contribution is 2.36. The van der Waals surface area contributed by atoms with Gasteiger partial charge in [0.2, 0.25) is 0 Å². The van der Waals surface area contributed by atoms with E-state index in [-0.39, 0.29) is 0 Å². The summed E-state index contributed by atoms with van der Waals surface area (Å²) in [6, 6.07) is 46.7. The van der Waals surface area contributed by atoms with Gasteiger partial charge in [0, 0.05) is 50.4 Å². The van der Waals surface area contributed by atoms with Gasteiger partial charge in [0.25, 0.3) is 0 Å². The number of benzene rings is 4. The van der Waals surface area contributed by atoms with Crippen LogP contribution in [0.2, 0.25) is 0 Å². The van der Waals surface area contributed by atoms with Gasteiger partial charge in [-0.3, -0.25) is 13.7 Å². The van der Waals surface area contributed by atoms with E-state index in [1.54, 1.807) is 0 Å². The summed E-state index contributed by atoms with van der Waals surface area (Å²) in [6.07, 6.45) is 3.71. The molecule has 6 heterocycles. The summed E-state index contributed by atoms with van der Waals surface area (Å²) in [5, 5.41) is 6.96. The molecule has 0 fully saturated rings. The molecule has 0 radical (unpaired) electrons. The largest absolute Gasteiger partial charge is 0.294 e. The average Bonchev–Trinajstić information content (AvgIpc) is 3.74. The first kappa shape index (κ1) is 24.2. The molecule has 10 rings (SSSR count). The molecule has 6 nitrogen and oxygen atoms in total. The Morgan fingerprint density at radius 2 is 0.844 bits per heavy atom. The molecule has 210 valence electrons. The summed E-state index contributed by atoms with van der Waals surface area (Å²) in [7, 11) is 0. The quantitative estimate of drug-likeness (QED) is 0.211. The number of rotatable bonds is 3. The zero-order valence-electron chi connectivity index (χ0n) is 24.0. The van der Waals surface area contributed by atoms with Gasteiger partial charge in [0.1, 0.15) is 22.9 Å². The second-order valence-corrected chi connectivity index (χ2v) is 11.4. The molecule has 10 aromatic rings. The summed E-state index contributed by atoms with van der Waals surface area (Å²) in [6.45, 7) is 0. The summed E-state index contributed by atoms with van der Waals surface area (Å²) in [5.41, 5.74) is 7.36. The van der Waals surface area contributed by atoms with Crippen LogP contribution in [0.15, 0.2) is 146 Å². The minimum Gasteiger partial charge on any atom is -0.294 e. The van der Waals surface area contributed by atoms with Crippen molar-refractivity contribution in [3.63, 3.8) is 0 Å². The molecule has 6 heteroatoms. The van der Waals surface area contributed by atoms with Crippen molar-refractivity contribution in [2.24, 2.45) is 0 Å². The molecule has 0 N–H and O–H groups in total. The van der Waals surface area contributed by atoms with Crippen LogP contribution in [-0.4, -0.2) is 28.7 Å². The molecule has 0 amide bonds. The highest BCUT2D eigenvalue weighted by molar-refractivity contribution is 6.12. The minimum atomic E-state index is 0.830. The van der Waals surface area contributed by atoms with E-state index in [2.05, 4.69) is 135 Å². The summed E-state index contributed by atoms with van der Waals surface area (Å²) >= 11 is 0. The van der Waals surface area contributed by atoms with Crippen molar-refractivity contribution in [1.29, 1.82) is 0 Å². The summed E-state index contributed by atoms with van der Waals surface area (Å²) in [5.74, 6) is 1.68. The predicted molar refractivity (Wildman–Crippen MR) is 183 cm³/mol. The molecule has 0 spiro atoms. The highest BCUT2D eigenvalue weighted by atomic mass is 15.2. The Hall–Kier alpha value is -6.27. The second-order valence-electron chi connectivity index (χ2n) is 11.4. The Morgan fingerprint density at radius 1 is 0.356 bits per heavy atom. The van der Waals surface area contributed by atoms with Gasteiger partial charge in [0.15, 0.2) is 0 Å². The van der Waals surface area contributed by atoms with Crippen molar-refractivity contribution in [2.45, 2.75) is 0 Å². The number of pyridine rings is 3. The molecule has 0 aliphatic carbocycles. The summed E-state index contributed by atoms with van der Waals surface area (Å²) in [4.78, 5) is 14.9. The van der Waals surface area contributed by atoms with E-state index in [1.807, 2.05) is 24.5 Å². The van der Waals surface area contributed by atoms with Gasteiger partial charge < -0.3 is 0 Å². The topological polar surface area (TPSA) is 53.5 Å². The molecule has 45 heavy (non-hydrogen) atoms. The standard InChI is InChI=1S/C39H24N6/c1-4-15-32-26(10-1)29-13-8-22-40-38(29)43(32)25-20-21-35-31(24-25)28-12-3-5-16-33(28)44(35)36-18-7-19-37(42-36)45-34-17-6-2-11-27(34)30-14-9-23-41-39(30)45/h1-24H. The van der Waals surface area contributed by atoms with Crippen molar-refractivity contribution in [3.05, 3.63) is 146 Å². The molecular formula is C39H24N6. The van der Waals surface area contributed by atoms with Crippen LogP contribution >= 0.6 is 0 Å². The van der Waals surface area contributed by atoms with Gasteiger partial charge in [-0.2, -0.15) is 0 Å². The van der Waals surface area contributed by atoms with E-state index in [0.29, 0.717) is 0 Å². The van der Waals surface area contributed by atoms with Gasteiger partial charge in [-0.25, -0.2) is 15.0 Å². The van der Waals surface area contributed by atoms with Crippen LogP contribution in [0.25, 0.3) is 83.0 Å². The third kappa shape index (κ3) is 3.36. The fourth-order valence-electron chi connectivity index (χ4n) is 7.09. The van der Waals surface area contributed by atoms with Crippen molar-refractivity contribution in [2.75, 3.05) is 0 Å². The number of fused-ring (bicyclic) bond motifs is 9. The molecule has 0 aliphatic rings. The van der Waals surface area contributed by atoms with Crippen LogP contribution in [0, 0.1) is 0 Å². The number of nitrogens with zero attached hydrogens (tertiary/aromatic N) is 6. The van der Waals surface area contributed by atoms with Gasteiger partial charge in [-0.15, -0.1) is 0 Å². The van der Waals surface area contributed by atoms with Crippen LogP contribution in [0.1, 0.15) is 0 Å². The first-order valence-electron chi connectivity index (χ1n) is 15.0. The molecule has 6 aromatic heterocycles. The molecule has 0 atom stereocenters. The van der Waals surface area contributed by atoms with Crippen LogP contribution in [-0.2, 0) is 0 Å². The molecule has 0 saturated heterocycles. The second kappa shape index (κ2) is 9.11. The Balaban J connectivity index is 1.22. The third-order valence-corrected chi connectivity index (χ3v) is 8.96. The molecule has 4 aromatic carbocycles. The summed E-state index contributed by atoms with van der Waals surface area (Å²) < 4.78 is 6.70. The van der Waals surface area contributed by atoms with E-state index in [4.69, 9.17) is 15.0 Å². The Morgan fingerprint density at radius 3 is 1.51 bits per heavy atom. The van der Waals surface area contributed by atoms with E-state index < -0.39 is 0 Å². The lowest BCUT2D eigenvalue weighted by molar-refractivity contribution is 1.00. The van der Waals surface area contributed by atoms with Crippen LogP contribution in [0.3, 0.4) is 0 Å². The number of aromatic nitrogens is 6. The van der Waals surface area contributed by atoms with Crippen LogP contribution in [0.5, 0.6) is 0 Å². The van der Waals surface area contributed by atoms with E-state index in [1.165, 1.54) is 10.8 Å². The Bertz CT molecular complexity index is 2670. The number of hydrogen-bond donors (Lipinski definition) is 0. The van der Waals surface area contributed by atoms with E-state index >= 15 is 0 Å². The zero-order chi connectivity index (χ0) is 29.5. The molecule has 0 saturated carbocycles. The zero-order valence-corrected chi connectivity index (χ0v) is 24.0. The maximum atomic E-state index is 5.28. The fraction of sp³-hybridized carbons (Fsp3) is 0. The number of para-hydroxylation sites is 3. The third-order valence-electron chi connectivity index (χ3n) is 8.96. The lowest BCUT2D eigenvalue weighted by atomic mass is 10.1. The van der Waals surface area contributed by atoms with Gasteiger partial charge in [0.05, 0.1) is 22.1 Å². The average molecular weight is 577 g/mol. The van der Waals surface area contributed by atoms with Gasteiger partial charge in [-0.05, 0) is 72.8 Å². The van der Waals surface area contributed by atoms with E-state index in [9.17, 15) is 0 Å². The highest BCUT2D eigenvalue weighted by Gasteiger charge is 2.19. The molecular weight excluding hydrogens is 552 g/mol. The lowest BCUT2D eigenvalue weighted by Crippen LogP contribution is -2.03. The Labute approximate surface area is 257 Å². The monoisotopic (exact) mass is 576 g/mol. The first-order valence-corrected chi connectivity index (χ1v) is 15.0. The maximum absolute atomic E-state index is 5.28. The lowest BCUT2D eigenvalue weighted by Gasteiger charge is -2.11.